The van der Waals surface area contributed by atoms with E-state index in [0.717, 1.165) is 0 Å². The Morgan fingerprint density at radius 1 is 1.44 bits per heavy atom. The Balaban J connectivity index is 2.40. The van der Waals surface area contributed by atoms with E-state index < -0.39 is 6.10 Å². The van der Waals surface area contributed by atoms with Crippen molar-refractivity contribution in [2.75, 3.05) is 13.2 Å². The van der Waals surface area contributed by atoms with Gasteiger partial charge in [-0.1, -0.05) is 0 Å². The second-order valence-electron chi connectivity index (χ2n) is 5.17. The van der Waals surface area contributed by atoms with Crippen LogP contribution in [0.4, 0.5) is 4.39 Å². The summed E-state index contributed by atoms with van der Waals surface area (Å²) in [5.74, 6) is 0.190. The summed E-state index contributed by atoms with van der Waals surface area (Å²) >= 11 is 3.21. The molecule has 0 aliphatic carbocycles. The summed E-state index contributed by atoms with van der Waals surface area (Å²) in [4.78, 5) is 0. The van der Waals surface area contributed by atoms with Crippen LogP contribution in [-0.2, 0) is 0 Å². The van der Waals surface area contributed by atoms with Crippen LogP contribution in [0.2, 0.25) is 0 Å². The summed E-state index contributed by atoms with van der Waals surface area (Å²) in [7, 11) is 0. The van der Waals surface area contributed by atoms with E-state index in [-0.39, 0.29) is 18.0 Å². The van der Waals surface area contributed by atoms with Gasteiger partial charge >= 0.3 is 0 Å². The van der Waals surface area contributed by atoms with Gasteiger partial charge in [0.2, 0.25) is 0 Å². The summed E-state index contributed by atoms with van der Waals surface area (Å²) in [6.45, 7) is 6.68. The van der Waals surface area contributed by atoms with Gasteiger partial charge in [0.05, 0.1) is 4.47 Å². The lowest BCUT2D eigenvalue weighted by Crippen LogP contribution is -2.42. The molecule has 2 N–H and O–H groups in total. The van der Waals surface area contributed by atoms with Crippen molar-refractivity contribution in [2.24, 2.45) is 0 Å². The van der Waals surface area contributed by atoms with Gasteiger partial charge in [0.25, 0.3) is 0 Å². The molecule has 0 radical (unpaired) electrons. The highest BCUT2D eigenvalue weighted by molar-refractivity contribution is 9.10. The third kappa shape index (κ3) is 5.80. The second-order valence-corrected chi connectivity index (χ2v) is 6.02. The first-order valence-corrected chi connectivity index (χ1v) is 6.58. The minimum Gasteiger partial charge on any atom is -0.490 e. The van der Waals surface area contributed by atoms with Gasteiger partial charge in [0.1, 0.15) is 24.3 Å². The van der Waals surface area contributed by atoms with Crippen LogP contribution in [0.5, 0.6) is 5.75 Å². The van der Waals surface area contributed by atoms with Crippen molar-refractivity contribution in [2.45, 2.75) is 32.4 Å². The van der Waals surface area contributed by atoms with Crippen LogP contribution in [0.25, 0.3) is 0 Å². The molecule has 1 rings (SSSR count). The number of hydrogen-bond acceptors (Lipinski definition) is 3. The highest BCUT2D eigenvalue weighted by atomic mass is 79.9. The molecule has 1 atom stereocenters. The quantitative estimate of drug-likeness (QED) is 0.876. The molecule has 1 unspecified atom stereocenters. The summed E-state index contributed by atoms with van der Waals surface area (Å²) in [5.41, 5.74) is -0.0442. The molecule has 102 valence electrons. The summed E-state index contributed by atoms with van der Waals surface area (Å²) in [6, 6.07) is 4.18. The lowest BCUT2D eigenvalue weighted by molar-refractivity contribution is 0.0996. The predicted octanol–water partition coefficient (Wildman–Crippen LogP) is 2.72. The number of halogens is 2. The number of nitrogens with one attached hydrogen (secondary N) is 1. The summed E-state index contributed by atoms with van der Waals surface area (Å²) < 4.78 is 18.8. The third-order valence-electron chi connectivity index (χ3n) is 2.19. The molecule has 0 saturated carbocycles. The number of hydrogen-bond donors (Lipinski definition) is 2. The zero-order valence-corrected chi connectivity index (χ0v) is 12.4. The van der Waals surface area contributed by atoms with Crippen LogP contribution in [-0.4, -0.2) is 29.9 Å². The highest BCUT2D eigenvalue weighted by Gasteiger charge is 2.13. The van der Waals surface area contributed by atoms with Gasteiger partial charge in [0, 0.05) is 12.1 Å². The summed E-state index contributed by atoms with van der Waals surface area (Å²) in [5, 5.41) is 12.9. The van der Waals surface area contributed by atoms with Crippen molar-refractivity contribution in [3.63, 3.8) is 0 Å². The molecular weight excluding hydrogens is 301 g/mol. The van der Waals surface area contributed by atoms with Crippen molar-refractivity contribution in [3.05, 3.63) is 28.5 Å². The molecule has 0 heterocycles. The average Bonchev–Trinajstić information content (AvgIpc) is 2.24. The Hall–Kier alpha value is -0.650. The van der Waals surface area contributed by atoms with Crippen molar-refractivity contribution < 1.29 is 14.2 Å². The van der Waals surface area contributed by atoms with E-state index in [2.05, 4.69) is 21.2 Å². The van der Waals surface area contributed by atoms with Gasteiger partial charge in [-0.15, -0.1) is 0 Å². The molecule has 0 spiro atoms. The number of aliphatic hydroxyl groups is 1. The minimum atomic E-state index is -0.610. The highest BCUT2D eigenvalue weighted by Crippen LogP contribution is 2.25. The molecule has 0 aliphatic rings. The van der Waals surface area contributed by atoms with E-state index in [1.54, 1.807) is 0 Å². The van der Waals surface area contributed by atoms with E-state index in [0.29, 0.717) is 16.8 Å². The van der Waals surface area contributed by atoms with Crippen molar-refractivity contribution in [1.82, 2.24) is 5.32 Å². The van der Waals surface area contributed by atoms with Gasteiger partial charge in [-0.2, -0.15) is 0 Å². The first-order chi connectivity index (χ1) is 8.28. The fraction of sp³-hybridized carbons (Fsp3) is 0.538. The molecule has 0 amide bonds. The molecule has 0 saturated heterocycles. The number of benzene rings is 1. The van der Waals surface area contributed by atoms with Crippen molar-refractivity contribution in [3.8, 4) is 5.75 Å². The zero-order valence-electron chi connectivity index (χ0n) is 10.8. The molecule has 0 aromatic heterocycles. The molecule has 0 aliphatic heterocycles. The van der Waals surface area contributed by atoms with Gasteiger partial charge in [-0.05, 0) is 54.9 Å². The number of rotatable bonds is 5. The predicted molar refractivity (Wildman–Crippen MR) is 73.4 cm³/mol. The Morgan fingerprint density at radius 2 is 2.11 bits per heavy atom. The lowest BCUT2D eigenvalue weighted by Gasteiger charge is -2.23. The normalized spacial score (nSPS) is 13.4. The molecule has 18 heavy (non-hydrogen) atoms. The largest absolute Gasteiger partial charge is 0.490 e. The molecular formula is C13H19BrFNO2. The molecule has 0 bridgehead atoms. The Labute approximate surface area is 115 Å². The van der Waals surface area contributed by atoms with Gasteiger partial charge in [0.15, 0.2) is 0 Å². The van der Waals surface area contributed by atoms with Crippen molar-refractivity contribution in [1.29, 1.82) is 0 Å². The monoisotopic (exact) mass is 319 g/mol. The van der Waals surface area contributed by atoms with Crippen LogP contribution in [0, 0.1) is 5.82 Å². The first kappa shape index (κ1) is 15.4. The average molecular weight is 320 g/mol. The number of β-amino-alcohol motifs (C(OH)–C–C–N with tert-alkyl or cyclic N) is 1. The summed E-state index contributed by atoms with van der Waals surface area (Å²) in [6.07, 6.45) is -0.610. The maximum atomic E-state index is 12.9. The minimum absolute atomic E-state index is 0.0442. The Kier molecular flexibility index (Phi) is 5.56. The standard InChI is InChI=1S/C13H19BrFNO2/c1-13(2,3)16-7-10(17)8-18-12-5-4-9(15)6-11(12)14/h4-6,10,16-17H,7-8H2,1-3H3. The maximum absolute atomic E-state index is 12.9. The van der Waals surface area contributed by atoms with Crippen LogP contribution in [0.1, 0.15) is 20.8 Å². The van der Waals surface area contributed by atoms with Crippen molar-refractivity contribution >= 4 is 15.9 Å². The molecule has 1 aromatic rings. The van der Waals surface area contributed by atoms with Crippen LogP contribution >= 0.6 is 15.9 Å². The number of ether oxygens (including phenoxy) is 1. The van der Waals surface area contributed by atoms with Crippen LogP contribution in [0.15, 0.2) is 22.7 Å². The third-order valence-corrected chi connectivity index (χ3v) is 2.81. The Morgan fingerprint density at radius 3 is 2.67 bits per heavy atom. The van der Waals surface area contributed by atoms with Gasteiger partial charge < -0.3 is 15.2 Å². The molecule has 3 nitrogen and oxygen atoms in total. The SMILES string of the molecule is CC(C)(C)NCC(O)COc1ccc(F)cc1Br. The van der Waals surface area contributed by atoms with Crippen LogP contribution in [0.3, 0.4) is 0 Å². The van der Waals surface area contributed by atoms with E-state index >= 15 is 0 Å². The van der Waals surface area contributed by atoms with Gasteiger partial charge in [-0.3, -0.25) is 0 Å². The Bertz CT molecular complexity index is 393. The van der Waals surface area contributed by atoms with E-state index in [1.807, 2.05) is 20.8 Å². The lowest BCUT2D eigenvalue weighted by atomic mass is 10.1. The molecule has 0 fully saturated rings. The van der Waals surface area contributed by atoms with E-state index in [9.17, 15) is 9.50 Å². The van der Waals surface area contributed by atoms with Crippen LogP contribution < -0.4 is 10.1 Å². The zero-order chi connectivity index (χ0) is 13.8. The molecule has 1 aromatic carbocycles. The topological polar surface area (TPSA) is 41.5 Å². The smallest absolute Gasteiger partial charge is 0.133 e. The van der Waals surface area contributed by atoms with Gasteiger partial charge in [-0.25, -0.2) is 4.39 Å². The fourth-order valence-corrected chi connectivity index (χ4v) is 1.73. The number of aliphatic hydroxyl groups excluding tert-OH is 1. The second kappa shape index (κ2) is 6.50. The van der Waals surface area contributed by atoms with E-state index in [1.165, 1.54) is 18.2 Å². The maximum Gasteiger partial charge on any atom is 0.133 e. The molecule has 5 heteroatoms. The fourth-order valence-electron chi connectivity index (χ4n) is 1.26. The first-order valence-electron chi connectivity index (χ1n) is 5.79. The van der Waals surface area contributed by atoms with E-state index in [4.69, 9.17) is 4.74 Å².